The van der Waals surface area contributed by atoms with Crippen molar-refractivity contribution in [1.82, 2.24) is 15.0 Å². The lowest BCUT2D eigenvalue weighted by Gasteiger charge is -2.31. The van der Waals surface area contributed by atoms with Gasteiger partial charge in [-0.05, 0) is 67.8 Å². The number of aromatic nitrogens is 3. The van der Waals surface area contributed by atoms with Crippen LogP contribution in [-0.2, 0) is 6.18 Å². The number of halogens is 3. The van der Waals surface area contributed by atoms with Gasteiger partial charge in [0.2, 0.25) is 11.8 Å². The van der Waals surface area contributed by atoms with Crippen molar-refractivity contribution in [2.24, 2.45) is 0 Å². The van der Waals surface area contributed by atoms with E-state index >= 15 is 0 Å². The molecule has 210 valence electrons. The Morgan fingerprint density at radius 1 is 1.02 bits per heavy atom. The fraction of sp³-hybridized carbons (Fsp3) is 0.200. The molecule has 3 heterocycles. The van der Waals surface area contributed by atoms with Crippen LogP contribution in [0, 0.1) is 0 Å². The molecule has 41 heavy (non-hydrogen) atoms. The summed E-state index contributed by atoms with van der Waals surface area (Å²) in [5, 5.41) is 2.70. The molecule has 0 saturated carbocycles. The van der Waals surface area contributed by atoms with Gasteiger partial charge < -0.3 is 20.7 Å². The second-order valence-corrected chi connectivity index (χ2v) is 9.45. The Morgan fingerprint density at radius 3 is 2.56 bits per heavy atom. The number of amides is 1. The van der Waals surface area contributed by atoms with E-state index in [0.29, 0.717) is 35.6 Å². The van der Waals surface area contributed by atoms with Gasteiger partial charge in [0.1, 0.15) is 5.75 Å². The Hall–Kier alpha value is -4.93. The summed E-state index contributed by atoms with van der Waals surface area (Å²) in [6, 6.07) is 13.3. The average Bonchev–Trinajstić information content (AvgIpc) is 2.97. The highest BCUT2D eigenvalue weighted by Gasteiger charge is 2.32. The quantitative estimate of drug-likeness (QED) is 0.256. The van der Waals surface area contributed by atoms with Crippen LogP contribution in [0.1, 0.15) is 40.7 Å². The first-order valence-corrected chi connectivity index (χ1v) is 13.0. The van der Waals surface area contributed by atoms with Crippen LogP contribution >= 0.6 is 0 Å². The van der Waals surface area contributed by atoms with Crippen molar-refractivity contribution in [2.75, 3.05) is 29.0 Å². The molecule has 2 aromatic heterocycles. The highest BCUT2D eigenvalue weighted by atomic mass is 19.4. The van der Waals surface area contributed by atoms with Crippen LogP contribution in [0.5, 0.6) is 11.6 Å². The van der Waals surface area contributed by atoms with Crippen LogP contribution in [0.4, 0.5) is 30.5 Å². The number of nitrogens with two attached hydrogens (primary N) is 1. The van der Waals surface area contributed by atoms with E-state index in [9.17, 15) is 18.0 Å². The Balaban J connectivity index is 1.47. The molecular weight excluding hydrogens is 533 g/mol. The lowest BCUT2D eigenvalue weighted by molar-refractivity contribution is -0.137. The second kappa shape index (κ2) is 11.7. The molecule has 0 radical (unpaired) electrons. The largest absolute Gasteiger partial charge is 0.438 e. The number of carbonyl (C=O) groups is 1. The van der Waals surface area contributed by atoms with Crippen LogP contribution in [0.2, 0.25) is 0 Å². The first-order valence-electron chi connectivity index (χ1n) is 13.0. The van der Waals surface area contributed by atoms with Crippen molar-refractivity contribution in [2.45, 2.75) is 25.4 Å². The van der Waals surface area contributed by atoms with Crippen LogP contribution in [0.25, 0.3) is 17.3 Å². The van der Waals surface area contributed by atoms with Gasteiger partial charge in [-0.15, -0.1) is 0 Å². The van der Waals surface area contributed by atoms with Gasteiger partial charge in [-0.2, -0.15) is 13.2 Å². The molecule has 11 heteroatoms. The molecule has 0 spiro atoms. The number of nitrogen functional groups attached to an aromatic ring is 1. The molecule has 3 N–H and O–H groups in total. The van der Waals surface area contributed by atoms with Gasteiger partial charge in [0.05, 0.1) is 28.2 Å². The third kappa shape index (κ3) is 6.29. The van der Waals surface area contributed by atoms with Crippen molar-refractivity contribution >= 4 is 29.3 Å². The van der Waals surface area contributed by atoms with Gasteiger partial charge in [-0.3, -0.25) is 4.79 Å². The number of piperidine rings is 1. The van der Waals surface area contributed by atoms with Gasteiger partial charge in [0.25, 0.3) is 5.91 Å². The number of anilines is 3. The van der Waals surface area contributed by atoms with Crippen LogP contribution in [-0.4, -0.2) is 33.9 Å². The molecule has 1 fully saturated rings. The number of ether oxygens (including phenoxy) is 1. The molecule has 8 nitrogen and oxygen atoms in total. The molecule has 2 aromatic carbocycles. The van der Waals surface area contributed by atoms with Crippen molar-refractivity contribution in [3.8, 4) is 22.9 Å². The van der Waals surface area contributed by atoms with E-state index in [-0.39, 0.29) is 28.8 Å². The highest BCUT2D eigenvalue weighted by molar-refractivity contribution is 6.06. The molecule has 0 aliphatic carbocycles. The van der Waals surface area contributed by atoms with E-state index in [1.165, 1.54) is 18.3 Å². The molecule has 1 aliphatic rings. The number of rotatable bonds is 7. The Morgan fingerprint density at radius 2 is 1.83 bits per heavy atom. The predicted octanol–water partition coefficient (Wildman–Crippen LogP) is 6.82. The maximum absolute atomic E-state index is 13.5. The molecule has 1 aliphatic heterocycles. The first-order chi connectivity index (χ1) is 19.7. The Labute approximate surface area is 234 Å². The van der Waals surface area contributed by atoms with Gasteiger partial charge >= 0.3 is 6.18 Å². The second-order valence-electron chi connectivity index (χ2n) is 9.45. The third-order valence-electron chi connectivity index (χ3n) is 6.69. The summed E-state index contributed by atoms with van der Waals surface area (Å²) < 4.78 is 46.8. The number of benzene rings is 2. The standard InChI is InChI=1S/C30H27F3N6O2/c1-2-19-8-9-20(17-26(19)41-28-22(7-6-13-35-28)23-12-14-36-29(34)38-23)27(40)37-24-18-21(30(31,32)33)10-11-25(24)39-15-4-3-5-16-39/h2,6-14,17-18H,1,3-5,15-16H2,(H,37,40)(H2,34,36,38). The van der Waals surface area contributed by atoms with E-state index in [2.05, 4.69) is 26.8 Å². The lowest BCUT2D eigenvalue weighted by atomic mass is 10.1. The fourth-order valence-electron chi connectivity index (χ4n) is 4.65. The average molecular weight is 561 g/mol. The minimum atomic E-state index is -4.55. The zero-order chi connectivity index (χ0) is 29.0. The van der Waals surface area contributed by atoms with Crippen molar-refractivity contribution < 1.29 is 22.7 Å². The van der Waals surface area contributed by atoms with Crippen LogP contribution in [0.3, 0.4) is 0 Å². The van der Waals surface area contributed by atoms with Crippen molar-refractivity contribution in [1.29, 1.82) is 0 Å². The molecular formula is C30H27F3N6O2. The smallest absolute Gasteiger partial charge is 0.416 e. The third-order valence-corrected chi connectivity index (χ3v) is 6.69. The minimum Gasteiger partial charge on any atom is -0.438 e. The fourth-order valence-corrected chi connectivity index (χ4v) is 4.65. The highest BCUT2D eigenvalue weighted by Crippen LogP contribution is 2.37. The number of nitrogens with zero attached hydrogens (tertiary/aromatic N) is 4. The topological polar surface area (TPSA) is 106 Å². The molecule has 0 unspecified atom stereocenters. The summed E-state index contributed by atoms with van der Waals surface area (Å²) in [5.74, 6) is -0.0272. The molecule has 5 rings (SSSR count). The molecule has 0 atom stereocenters. The first kappa shape index (κ1) is 27.6. The number of hydrogen-bond donors (Lipinski definition) is 2. The van der Waals surface area contributed by atoms with Crippen molar-refractivity contribution in [3.05, 3.63) is 90.3 Å². The van der Waals surface area contributed by atoms with E-state index in [4.69, 9.17) is 10.5 Å². The monoisotopic (exact) mass is 560 g/mol. The predicted molar refractivity (Wildman–Crippen MR) is 152 cm³/mol. The van der Waals surface area contributed by atoms with Crippen LogP contribution < -0.4 is 20.7 Å². The number of nitrogens with one attached hydrogen (secondary N) is 1. The molecule has 1 saturated heterocycles. The number of pyridine rings is 1. The zero-order valence-corrected chi connectivity index (χ0v) is 22.0. The van der Waals surface area contributed by atoms with Gasteiger partial charge in [-0.25, -0.2) is 15.0 Å². The van der Waals surface area contributed by atoms with Crippen molar-refractivity contribution in [3.63, 3.8) is 0 Å². The Bertz CT molecular complexity index is 1580. The summed E-state index contributed by atoms with van der Waals surface area (Å²) in [5.41, 5.74) is 7.33. The summed E-state index contributed by atoms with van der Waals surface area (Å²) >= 11 is 0. The summed E-state index contributed by atoms with van der Waals surface area (Å²) in [7, 11) is 0. The number of hydrogen-bond acceptors (Lipinski definition) is 7. The summed E-state index contributed by atoms with van der Waals surface area (Å²) in [4.78, 5) is 27.9. The zero-order valence-electron chi connectivity index (χ0n) is 22.0. The lowest BCUT2D eigenvalue weighted by Crippen LogP contribution is -2.30. The summed E-state index contributed by atoms with van der Waals surface area (Å²) in [6.07, 6.45) is 2.97. The molecule has 0 bridgehead atoms. The van der Waals surface area contributed by atoms with Crippen LogP contribution in [0.15, 0.2) is 73.6 Å². The minimum absolute atomic E-state index is 0.0845. The van der Waals surface area contributed by atoms with Gasteiger partial charge in [0, 0.05) is 36.6 Å². The SMILES string of the molecule is C=Cc1ccc(C(=O)Nc2cc(C(F)(F)F)ccc2N2CCCCC2)cc1Oc1ncccc1-c1ccnc(N)n1. The van der Waals surface area contributed by atoms with E-state index < -0.39 is 17.6 Å². The van der Waals surface area contributed by atoms with E-state index in [1.807, 2.05) is 4.90 Å². The van der Waals surface area contributed by atoms with E-state index in [1.54, 1.807) is 42.6 Å². The van der Waals surface area contributed by atoms with Gasteiger partial charge in [-0.1, -0.05) is 18.7 Å². The van der Waals surface area contributed by atoms with Gasteiger partial charge in [0.15, 0.2) is 0 Å². The number of alkyl halides is 3. The molecule has 1 amide bonds. The molecule has 4 aromatic rings. The number of carbonyl (C=O) groups excluding carboxylic acids is 1. The summed E-state index contributed by atoms with van der Waals surface area (Å²) in [6.45, 7) is 5.21. The van der Waals surface area contributed by atoms with E-state index in [0.717, 1.165) is 31.4 Å². The maximum atomic E-state index is 13.5. The maximum Gasteiger partial charge on any atom is 0.416 e. The normalized spacial score (nSPS) is 13.5. The Kier molecular flexibility index (Phi) is 7.86.